The van der Waals surface area contributed by atoms with Gasteiger partial charge in [0.15, 0.2) is 0 Å². The number of amides is 1. The number of benzene rings is 1. The lowest BCUT2D eigenvalue weighted by Crippen LogP contribution is -2.32. The SMILES string of the molecule is CCN(CC)c1ccc(/C=C(\C#N)C(=O)NC[C@H]2CCCO2)c(OC)c1. The highest BCUT2D eigenvalue weighted by Crippen LogP contribution is 2.27. The Morgan fingerprint density at radius 2 is 2.23 bits per heavy atom. The molecule has 1 fully saturated rings. The molecule has 0 spiro atoms. The minimum atomic E-state index is -0.391. The monoisotopic (exact) mass is 357 g/mol. The van der Waals surface area contributed by atoms with Gasteiger partial charge in [0.2, 0.25) is 0 Å². The Hall–Kier alpha value is -2.52. The van der Waals surface area contributed by atoms with Crippen LogP contribution in [0.5, 0.6) is 5.75 Å². The van der Waals surface area contributed by atoms with E-state index in [0.29, 0.717) is 17.9 Å². The van der Waals surface area contributed by atoms with Crippen molar-refractivity contribution in [2.24, 2.45) is 0 Å². The normalized spacial score (nSPS) is 16.8. The zero-order chi connectivity index (χ0) is 18.9. The highest BCUT2D eigenvalue weighted by molar-refractivity contribution is 6.02. The van der Waals surface area contributed by atoms with Crippen LogP contribution in [-0.2, 0) is 9.53 Å². The molecule has 6 nitrogen and oxygen atoms in total. The van der Waals surface area contributed by atoms with Crippen LogP contribution in [0.2, 0.25) is 0 Å². The van der Waals surface area contributed by atoms with Gasteiger partial charge in [0.1, 0.15) is 17.4 Å². The van der Waals surface area contributed by atoms with Crippen LogP contribution < -0.4 is 15.0 Å². The van der Waals surface area contributed by atoms with Crippen molar-refractivity contribution in [3.05, 3.63) is 29.3 Å². The van der Waals surface area contributed by atoms with E-state index < -0.39 is 5.91 Å². The fourth-order valence-corrected chi connectivity index (χ4v) is 3.02. The van der Waals surface area contributed by atoms with Crippen molar-refractivity contribution < 1.29 is 14.3 Å². The summed E-state index contributed by atoms with van der Waals surface area (Å²) >= 11 is 0. The molecule has 0 unspecified atom stereocenters. The van der Waals surface area contributed by atoms with E-state index in [1.54, 1.807) is 13.2 Å². The first-order valence-electron chi connectivity index (χ1n) is 9.07. The molecule has 2 rings (SSSR count). The number of rotatable bonds is 8. The number of carbonyl (C=O) groups excluding carboxylic acids is 1. The Labute approximate surface area is 155 Å². The van der Waals surface area contributed by atoms with E-state index in [-0.39, 0.29) is 11.7 Å². The molecule has 1 aromatic carbocycles. The molecule has 26 heavy (non-hydrogen) atoms. The summed E-state index contributed by atoms with van der Waals surface area (Å²) in [6.45, 7) is 7.13. The van der Waals surface area contributed by atoms with Gasteiger partial charge in [0, 0.05) is 43.6 Å². The summed E-state index contributed by atoms with van der Waals surface area (Å²) in [6, 6.07) is 7.75. The highest BCUT2D eigenvalue weighted by atomic mass is 16.5. The van der Waals surface area contributed by atoms with Gasteiger partial charge in [0.25, 0.3) is 5.91 Å². The third-order valence-corrected chi connectivity index (χ3v) is 4.52. The van der Waals surface area contributed by atoms with Crippen LogP contribution in [0.25, 0.3) is 6.08 Å². The number of nitriles is 1. The van der Waals surface area contributed by atoms with Gasteiger partial charge < -0.3 is 19.7 Å². The van der Waals surface area contributed by atoms with E-state index >= 15 is 0 Å². The lowest BCUT2D eigenvalue weighted by atomic mass is 10.1. The molecule has 0 aromatic heterocycles. The Kier molecular flexibility index (Phi) is 7.49. The molecular formula is C20H27N3O3. The van der Waals surface area contributed by atoms with E-state index in [9.17, 15) is 10.1 Å². The van der Waals surface area contributed by atoms with Crippen molar-refractivity contribution in [2.75, 3.05) is 38.3 Å². The van der Waals surface area contributed by atoms with E-state index in [1.165, 1.54) is 0 Å². The van der Waals surface area contributed by atoms with Crippen molar-refractivity contribution in [3.8, 4) is 11.8 Å². The topological polar surface area (TPSA) is 74.6 Å². The van der Waals surface area contributed by atoms with Crippen LogP contribution in [0.15, 0.2) is 23.8 Å². The molecule has 1 aromatic rings. The van der Waals surface area contributed by atoms with Gasteiger partial charge in [0.05, 0.1) is 13.2 Å². The van der Waals surface area contributed by atoms with E-state index in [4.69, 9.17) is 9.47 Å². The van der Waals surface area contributed by atoms with Gasteiger partial charge in [-0.1, -0.05) is 0 Å². The summed E-state index contributed by atoms with van der Waals surface area (Å²) < 4.78 is 10.9. The fourth-order valence-electron chi connectivity index (χ4n) is 3.02. The Morgan fingerprint density at radius 3 is 2.81 bits per heavy atom. The van der Waals surface area contributed by atoms with Gasteiger partial charge in [-0.15, -0.1) is 0 Å². The molecule has 6 heteroatoms. The quantitative estimate of drug-likeness (QED) is 0.572. The van der Waals surface area contributed by atoms with E-state index in [1.807, 2.05) is 24.3 Å². The minimum absolute atomic E-state index is 0.0433. The first kappa shape index (κ1) is 19.8. The van der Waals surface area contributed by atoms with Crippen LogP contribution in [0, 0.1) is 11.3 Å². The molecule has 1 aliphatic rings. The molecule has 0 saturated carbocycles. The largest absolute Gasteiger partial charge is 0.496 e. The predicted molar refractivity (Wildman–Crippen MR) is 102 cm³/mol. The molecule has 1 heterocycles. The second-order valence-corrected chi connectivity index (χ2v) is 6.11. The minimum Gasteiger partial charge on any atom is -0.496 e. The van der Waals surface area contributed by atoms with Crippen LogP contribution >= 0.6 is 0 Å². The first-order valence-corrected chi connectivity index (χ1v) is 9.07. The molecule has 1 atom stereocenters. The number of ether oxygens (including phenoxy) is 2. The van der Waals surface area contributed by atoms with Crippen molar-refractivity contribution in [1.82, 2.24) is 5.32 Å². The lowest BCUT2D eigenvalue weighted by Gasteiger charge is -2.22. The van der Waals surface area contributed by atoms with Crippen molar-refractivity contribution >= 4 is 17.7 Å². The summed E-state index contributed by atoms with van der Waals surface area (Å²) in [5.41, 5.74) is 1.80. The fraction of sp³-hybridized carbons (Fsp3) is 0.500. The number of hydrogen-bond acceptors (Lipinski definition) is 5. The van der Waals surface area contributed by atoms with E-state index in [2.05, 4.69) is 24.1 Å². The molecule has 1 amide bonds. The molecule has 0 bridgehead atoms. The summed E-state index contributed by atoms with van der Waals surface area (Å²) in [4.78, 5) is 14.5. The van der Waals surface area contributed by atoms with Gasteiger partial charge in [-0.05, 0) is 44.9 Å². The smallest absolute Gasteiger partial charge is 0.262 e. The van der Waals surface area contributed by atoms with Gasteiger partial charge in [-0.3, -0.25) is 4.79 Å². The second-order valence-electron chi connectivity index (χ2n) is 6.11. The Morgan fingerprint density at radius 1 is 1.46 bits per heavy atom. The summed E-state index contributed by atoms with van der Waals surface area (Å²) in [6.07, 6.45) is 3.56. The Balaban J connectivity index is 2.16. The van der Waals surface area contributed by atoms with Crippen LogP contribution in [0.3, 0.4) is 0 Å². The average Bonchev–Trinajstić information content (AvgIpc) is 3.19. The van der Waals surface area contributed by atoms with E-state index in [0.717, 1.165) is 38.2 Å². The maximum atomic E-state index is 12.3. The maximum absolute atomic E-state index is 12.3. The third kappa shape index (κ3) is 4.99. The number of methoxy groups -OCH3 is 1. The standard InChI is InChI=1S/C20H27N3O3/c1-4-23(5-2)17-9-8-15(19(12-17)25-3)11-16(13-21)20(24)22-14-18-7-6-10-26-18/h8-9,11-12,18H,4-7,10,14H2,1-3H3,(H,22,24)/b16-11+/t18-/m1/s1. The highest BCUT2D eigenvalue weighted by Gasteiger charge is 2.18. The number of carbonyl (C=O) groups is 1. The zero-order valence-electron chi connectivity index (χ0n) is 15.7. The number of nitrogens with one attached hydrogen (secondary N) is 1. The van der Waals surface area contributed by atoms with Crippen LogP contribution in [-0.4, -0.2) is 45.4 Å². The summed E-state index contributed by atoms with van der Waals surface area (Å²) in [7, 11) is 1.59. The number of hydrogen-bond donors (Lipinski definition) is 1. The van der Waals surface area contributed by atoms with Crippen LogP contribution in [0.1, 0.15) is 32.3 Å². The maximum Gasteiger partial charge on any atom is 0.262 e. The molecule has 140 valence electrons. The lowest BCUT2D eigenvalue weighted by molar-refractivity contribution is -0.117. The summed E-state index contributed by atoms with van der Waals surface area (Å²) in [5, 5.41) is 12.2. The molecular weight excluding hydrogens is 330 g/mol. The molecule has 1 saturated heterocycles. The van der Waals surface area contributed by atoms with Gasteiger partial charge in [-0.25, -0.2) is 0 Å². The Bertz CT molecular complexity index is 684. The third-order valence-electron chi connectivity index (χ3n) is 4.52. The summed E-state index contributed by atoms with van der Waals surface area (Å²) in [5.74, 6) is 0.243. The predicted octanol–water partition coefficient (Wildman–Crippen LogP) is 2.74. The average molecular weight is 357 g/mol. The van der Waals surface area contributed by atoms with Crippen molar-refractivity contribution in [2.45, 2.75) is 32.8 Å². The van der Waals surface area contributed by atoms with Crippen molar-refractivity contribution in [3.63, 3.8) is 0 Å². The molecule has 0 radical (unpaired) electrons. The zero-order valence-corrected chi connectivity index (χ0v) is 15.7. The molecule has 1 aliphatic heterocycles. The molecule has 1 N–H and O–H groups in total. The number of anilines is 1. The number of nitrogens with zero attached hydrogens (tertiary/aromatic N) is 2. The first-order chi connectivity index (χ1) is 12.6. The van der Waals surface area contributed by atoms with Gasteiger partial charge >= 0.3 is 0 Å². The van der Waals surface area contributed by atoms with Crippen LogP contribution in [0.4, 0.5) is 5.69 Å². The second kappa shape index (κ2) is 9.83. The van der Waals surface area contributed by atoms with Crippen molar-refractivity contribution in [1.29, 1.82) is 5.26 Å². The molecule has 0 aliphatic carbocycles. The van der Waals surface area contributed by atoms with Gasteiger partial charge in [-0.2, -0.15) is 5.26 Å².